The Morgan fingerprint density at radius 2 is 1.85 bits per heavy atom. The molecule has 3 heterocycles. The average molecular weight is 344 g/mol. The van der Waals surface area contributed by atoms with Crippen molar-refractivity contribution in [3.05, 3.63) is 89.5 Å². The number of hydrogen-bond donors (Lipinski definition) is 1. The Bertz CT molecular complexity index is 911. The molecule has 0 bridgehead atoms. The lowest BCUT2D eigenvalue weighted by molar-refractivity contribution is 0.0734. The summed E-state index contributed by atoms with van der Waals surface area (Å²) in [6, 6.07) is 14.1. The molecule has 0 atom stereocenters. The van der Waals surface area contributed by atoms with Crippen LogP contribution in [0.3, 0.4) is 0 Å². The summed E-state index contributed by atoms with van der Waals surface area (Å²) in [5.41, 5.74) is 5.15. The zero-order chi connectivity index (χ0) is 17.8. The summed E-state index contributed by atoms with van der Waals surface area (Å²) in [5, 5.41) is 3.31. The maximum absolute atomic E-state index is 12.9. The topological polar surface area (TPSA) is 58.1 Å². The highest BCUT2D eigenvalue weighted by Crippen LogP contribution is 2.21. The fourth-order valence-electron chi connectivity index (χ4n) is 3.21. The lowest BCUT2D eigenvalue weighted by atomic mass is 9.99. The molecule has 0 unspecified atom stereocenters. The number of anilines is 1. The van der Waals surface area contributed by atoms with Gasteiger partial charge in [0.05, 0.1) is 11.3 Å². The van der Waals surface area contributed by atoms with E-state index in [0.717, 1.165) is 24.2 Å². The third-order valence-corrected chi connectivity index (χ3v) is 4.65. The number of nitrogens with zero attached hydrogens (tertiary/aromatic N) is 3. The largest absolute Gasteiger partial charge is 0.380 e. The first-order valence-corrected chi connectivity index (χ1v) is 8.73. The van der Waals surface area contributed by atoms with Crippen LogP contribution in [-0.2, 0) is 19.5 Å². The van der Waals surface area contributed by atoms with Crippen LogP contribution in [0.1, 0.15) is 27.0 Å². The minimum Gasteiger partial charge on any atom is -0.380 e. The van der Waals surface area contributed by atoms with Gasteiger partial charge in [0.1, 0.15) is 0 Å². The van der Waals surface area contributed by atoms with Gasteiger partial charge in [-0.1, -0.05) is 24.3 Å². The summed E-state index contributed by atoms with van der Waals surface area (Å²) in [7, 11) is 0. The summed E-state index contributed by atoms with van der Waals surface area (Å²) in [5.74, 6) is 0.0274. The summed E-state index contributed by atoms with van der Waals surface area (Å²) in [6.07, 6.45) is 7.81. The number of carbonyl (C=O) groups excluding carboxylic acids is 1. The molecule has 1 aromatic carbocycles. The molecule has 0 saturated heterocycles. The van der Waals surface area contributed by atoms with Crippen molar-refractivity contribution in [1.82, 2.24) is 14.9 Å². The van der Waals surface area contributed by atoms with Crippen molar-refractivity contribution in [2.75, 3.05) is 11.9 Å². The summed E-state index contributed by atoms with van der Waals surface area (Å²) < 4.78 is 0. The van der Waals surface area contributed by atoms with Crippen LogP contribution in [0, 0.1) is 0 Å². The van der Waals surface area contributed by atoms with E-state index in [0.29, 0.717) is 18.7 Å². The van der Waals surface area contributed by atoms with Gasteiger partial charge < -0.3 is 10.2 Å². The third-order valence-electron chi connectivity index (χ3n) is 4.65. The van der Waals surface area contributed by atoms with Crippen molar-refractivity contribution >= 4 is 11.6 Å². The zero-order valence-electron chi connectivity index (χ0n) is 14.4. The van der Waals surface area contributed by atoms with Crippen LogP contribution in [0.25, 0.3) is 0 Å². The van der Waals surface area contributed by atoms with Gasteiger partial charge in [-0.3, -0.25) is 14.8 Å². The predicted octanol–water partition coefficient (Wildman–Crippen LogP) is 3.29. The van der Waals surface area contributed by atoms with Gasteiger partial charge in [-0.15, -0.1) is 0 Å². The van der Waals surface area contributed by atoms with E-state index in [1.807, 2.05) is 29.2 Å². The van der Waals surface area contributed by atoms with Gasteiger partial charge >= 0.3 is 0 Å². The van der Waals surface area contributed by atoms with E-state index in [1.54, 1.807) is 24.8 Å². The molecule has 1 N–H and O–H groups in total. The van der Waals surface area contributed by atoms with E-state index in [1.165, 1.54) is 11.1 Å². The van der Waals surface area contributed by atoms with Crippen LogP contribution in [0.15, 0.2) is 67.3 Å². The number of nitrogens with one attached hydrogen (secondary N) is 1. The minimum atomic E-state index is 0.0274. The quantitative estimate of drug-likeness (QED) is 0.789. The van der Waals surface area contributed by atoms with Gasteiger partial charge in [0.15, 0.2) is 0 Å². The van der Waals surface area contributed by atoms with E-state index in [2.05, 4.69) is 33.5 Å². The van der Waals surface area contributed by atoms with Crippen molar-refractivity contribution in [2.24, 2.45) is 0 Å². The lowest BCUT2D eigenvalue weighted by Gasteiger charge is -2.29. The van der Waals surface area contributed by atoms with Crippen LogP contribution in [0.4, 0.5) is 5.69 Å². The molecule has 0 saturated carbocycles. The van der Waals surface area contributed by atoms with Crippen molar-refractivity contribution in [1.29, 1.82) is 0 Å². The van der Waals surface area contributed by atoms with Crippen molar-refractivity contribution in [2.45, 2.75) is 19.5 Å². The van der Waals surface area contributed by atoms with Crippen LogP contribution < -0.4 is 5.32 Å². The summed E-state index contributed by atoms with van der Waals surface area (Å²) in [6.45, 7) is 2.06. The van der Waals surface area contributed by atoms with Gasteiger partial charge in [-0.05, 0) is 41.3 Å². The molecule has 2 aromatic heterocycles. The number of fused-ring (bicyclic) bond motifs is 1. The van der Waals surface area contributed by atoms with Crippen LogP contribution in [-0.4, -0.2) is 27.3 Å². The van der Waals surface area contributed by atoms with Gasteiger partial charge in [0.25, 0.3) is 5.91 Å². The van der Waals surface area contributed by atoms with Crippen molar-refractivity contribution in [3.8, 4) is 0 Å². The van der Waals surface area contributed by atoms with Gasteiger partial charge in [-0.2, -0.15) is 0 Å². The molecule has 1 aliphatic heterocycles. The fourth-order valence-corrected chi connectivity index (χ4v) is 3.21. The smallest absolute Gasteiger partial charge is 0.255 e. The standard InChI is InChI=1S/C21H20N4O/c26-21(25-10-7-17-3-1-2-4-18(17)15-25)19-11-20(14-23-13-19)24-12-16-5-8-22-9-6-16/h1-6,8-9,11,13-14,24H,7,10,12,15H2. The second-order valence-electron chi connectivity index (χ2n) is 6.42. The minimum absolute atomic E-state index is 0.0274. The van der Waals surface area contributed by atoms with Gasteiger partial charge in [0.2, 0.25) is 0 Å². The molecule has 5 nitrogen and oxygen atoms in total. The fraction of sp³-hybridized carbons (Fsp3) is 0.190. The zero-order valence-corrected chi connectivity index (χ0v) is 14.4. The molecule has 5 heteroatoms. The molecule has 130 valence electrons. The number of amides is 1. The first-order valence-electron chi connectivity index (χ1n) is 8.73. The van der Waals surface area contributed by atoms with Crippen molar-refractivity contribution < 1.29 is 4.79 Å². The molecule has 26 heavy (non-hydrogen) atoms. The normalized spacial score (nSPS) is 13.2. The Morgan fingerprint density at radius 3 is 2.69 bits per heavy atom. The maximum Gasteiger partial charge on any atom is 0.255 e. The molecule has 0 radical (unpaired) electrons. The Morgan fingerprint density at radius 1 is 1.04 bits per heavy atom. The average Bonchev–Trinajstić information content (AvgIpc) is 2.72. The SMILES string of the molecule is O=C(c1cncc(NCc2ccncc2)c1)N1CCc2ccccc2C1. The second-order valence-corrected chi connectivity index (χ2v) is 6.42. The van der Waals surface area contributed by atoms with Crippen molar-refractivity contribution in [3.63, 3.8) is 0 Å². The molecule has 0 aliphatic carbocycles. The molecule has 0 fully saturated rings. The Balaban J connectivity index is 1.45. The van der Waals surface area contributed by atoms with Crippen LogP contribution in [0.5, 0.6) is 0 Å². The van der Waals surface area contributed by atoms with E-state index >= 15 is 0 Å². The Kier molecular flexibility index (Phi) is 4.60. The third kappa shape index (κ3) is 3.57. The van der Waals surface area contributed by atoms with E-state index in [9.17, 15) is 4.79 Å². The number of carbonyl (C=O) groups is 1. The highest BCUT2D eigenvalue weighted by molar-refractivity contribution is 5.94. The van der Waals surface area contributed by atoms with E-state index in [-0.39, 0.29) is 5.91 Å². The van der Waals surface area contributed by atoms with Crippen LogP contribution in [0.2, 0.25) is 0 Å². The highest BCUT2D eigenvalue weighted by atomic mass is 16.2. The first-order chi connectivity index (χ1) is 12.8. The monoisotopic (exact) mass is 344 g/mol. The Labute approximate surface area is 152 Å². The van der Waals surface area contributed by atoms with Gasteiger partial charge in [-0.25, -0.2) is 0 Å². The Hall–Kier alpha value is -3.21. The number of rotatable bonds is 4. The highest BCUT2D eigenvalue weighted by Gasteiger charge is 2.21. The number of pyridine rings is 2. The molecule has 1 aliphatic rings. The number of aromatic nitrogens is 2. The molecule has 0 spiro atoms. The predicted molar refractivity (Wildman–Crippen MR) is 101 cm³/mol. The molecular formula is C21H20N4O. The summed E-state index contributed by atoms with van der Waals surface area (Å²) >= 11 is 0. The van der Waals surface area contributed by atoms with E-state index < -0.39 is 0 Å². The number of hydrogen-bond acceptors (Lipinski definition) is 4. The second kappa shape index (κ2) is 7.35. The maximum atomic E-state index is 12.9. The molecule has 1 amide bonds. The first kappa shape index (κ1) is 16.3. The van der Waals surface area contributed by atoms with E-state index in [4.69, 9.17) is 0 Å². The number of benzene rings is 1. The molecule has 3 aromatic rings. The van der Waals surface area contributed by atoms with Crippen LogP contribution >= 0.6 is 0 Å². The summed E-state index contributed by atoms with van der Waals surface area (Å²) in [4.78, 5) is 23.0. The molecular weight excluding hydrogens is 324 g/mol. The van der Waals surface area contributed by atoms with Gasteiger partial charge in [0, 0.05) is 44.4 Å². The lowest BCUT2D eigenvalue weighted by Crippen LogP contribution is -2.36. The molecule has 4 rings (SSSR count).